The van der Waals surface area contributed by atoms with E-state index in [-0.39, 0.29) is 10.5 Å². The van der Waals surface area contributed by atoms with Crippen LogP contribution in [-0.2, 0) is 16.4 Å². The van der Waals surface area contributed by atoms with E-state index < -0.39 is 9.84 Å². The summed E-state index contributed by atoms with van der Waals surface area (Å²) >= 11 is 0. The van der Waals surface area contributed by atoms with Crippen LogP contribution in [0.3, 0.4) is 0 Å². The Labute approximate surface area is 190 Å². The van der Waals surface area contributed by atoms with Gasteiger partial charge in [-0.25, -0.2) is 13.1 Å². The van der Waals surface area contributed by atoms with Crippen molar-refractivity contribution in [2.75, 3.05) is 6.26 Å². The van der Waals surface area contributed by atoms with Crippen LogP contribution >= 0.6 is 0 Å². The fourth-order valence-corrected chi connectivity index (χ4v) is 4.43. The predicted molar refractivity (Wildman–Crippen MR) is 128 cm³/mol. The van der Waals surface area contributed by atoms with Crippen LogP contribution in [0.4, 0.5) is 0 Å². The van der Waals surface area contributed by atoms with Crippen molar-refractivity contribution in [2.45, 2.75) is 11.4 Å². The van der Waals surface area contributed by atoms with Crippen molar-refractivity contribution in [3.8, 4) is 22.5 Å². The van der Waals surface area contributed by atoms with Crippen molar-refractivity contribution in [1.82, 2.24) is 9.78 Å². The van der Waals surface area contributed by atoms with Crippen LogP contribution in [0, 0.1) is 0 Å². The normalized spacial score (nSPS) is 11.7. The van der Waals surface area contributed by atoms with E-state index in [9.17, 15) is 13.2 Å². The number of para-hydroxylation sites is 1. The molecule has 0 radical (unpaired) electrons. The van der Waals surface area contributed by atoms with E-state index in [0.29, 0.717) is 34.6 Å². The topological polar surface area (TPSA) is 82.2 Å². The molecule has 7 heteroatoms. The number of furan rings is 1. The van der Waals surface area contributed by atoms with Gasteiger partial charge in [0, 0.05) is 17.2 Å². The maximum atomic E-state index is 13.6. The molecule has 0 aliphatic heterocycles. The van der Waals surface area contributed by atoms with Crippen LogP contribution in [0.1, 0.15) is 5.56 Å². The number of hydrogen-bond donors (Lipinski definition) is 0. The lowest BCUT2D eigenvalue weighted by molar-refractivity contribution is 0.602. The summed E-state index contributed by atoms with van der Waals surface area (Å²) in [6.07, 6.45) is 2.79. The molecule has 0 spiro atoms. The van der Waals surface area contributed by atoms with Crippen molar-refractivity contribution >= 4 is 20.8 Å². The lowest BCUT2D eigenvalue weighted by Crippen LogP contribution is -2.25. The van der Waals surface area contributed by atoms with Gasteiger partial charge in [0.05, 0.1) is 23.2 Å². The van der Waals surface area contributed by atoms with Gasteiger partial charge >= 0.3 is 0 Å². The van der Waals surface area contributed by atoms with Crippen molar-refractivity contribution in [2.24, 2.45) is 0 Å². The third-order valence-corrected chi connectivity index (χ3v) is 6.61. The molecule has 0 atom stereocenters. The van der Waals surface area contributed by atoms with Crippen LogP contribution < -0.4 is 5.56 Å². The van der Waals surface area contributed by atoms with Gasteiger partial charge in [-0.2, -0.15) is 5.10 Å². The zero-order valence-electron chi connectivity index (χ0n) is 17.8. The van der Waals surface area contributed by atoms with E-state index >= 15 is 0 Å². The first kappa shape index (κ1) is 20.9. The van der Waals surface area contributed by atoms with Crippen molar-refractivity contribution in [3.05, 3.63) is 107 Å². The van der Waals surface area contributed by atoms with Gasteiger partial charge in [0.2, 0.25) is 0 Å². The SMILES string of the molecule is CS(=O)(=O)c1ccc(-c2cnn(Cc3ccccc3)c(=O)c2-c2cc3ccccc3o2)cc1. The largest absolute Gasteiger partial charge is 0.456 e. The Bertz CT molecular complexity index is 1580. The first-order chi connectivity index (χ1) is 15.9. The Balaban J connectivity index is 1.70. The molecule has 0 aliphatic carbocycles. The first-order valence-electron chi connectivity index (χ1n) is 10.3. The van der Waals surface area contributed by atoms with E-state index in [4.69, 9.17) is 4.42 Å². The highest BCUT2D eigenvalue weighted by Gasteiger charge is 2.19. The van der Waals surface area contributed by atoms with Gasteiger partial charge in [0.1, 0.15) is 11.3 Å². The van der Waals surface area contributed by atoms with Gasteiger partial charge in [-0.05, 0) is 35.4 Å². The number of hydrogen-bond acceptors (Lipinski definition) is 5. The molecule has 0 saturated carbocycles. The quantitative estimate of drug-likeness (QED) is 0.380. The molecule has 2 aromatic heterocycles. The Morgan fingerprint density at radius 2 is 1.61 bits per heavy atom. The minimum absolute atomic E-state index is 0.210. The summed E-state index contributed by atoms with van der Waals surface area (Å²) in [5.41, 5.74) is 2.97. The molecule has 5 aromatic rings. The van der Waals surface area contributed by atoms with E-state index in [1.54, 1.807) is 18.3 Å². The lowest BCUT2D eigenvalue weighted by Gasteiger charge is -2.11. The molecule has 33 heavy (non-hydrogen) atoms. The molecule has 3 aromatic carbocycles. The predicted octanol–water partition coefficient (Wildman–Crippen LogP) is 4.78. The summed E-state index contributed by atoms with van der Waals surface area (Å²) in [7, 11) is -3.33. The molecule has 164 valence electrons. The second kappa shape index (κ2) is 8.18. The monoisotopic (exact) mass is 456 g/mol. The molecule has 0 unspecified atom stereocenters. The van der Waals surface area contributed by atoms with Gasteiger partial charge in [-0.3, -0.25) is 4.79 Å². The molecule has 0 aliphatic rings. The third kappa shape index (κ3) is 4.10. The zero-order chi connectivity index (χ0) is 23.0. The summed E-state index contributed by atoms with van der Waals surface area (Å²) < 4.78 is 31.2. The zero-order valence-corrected chi connectivity index (χ0v) is 18.6. The van der Waals surface area contributed by atoms with Gasteiger partial charge < -0.3 is 4.42 Å². The minimum Gasteiger partial charge on any atom is -0.456 e. The second-order valence-corrected chi connectivity index (χ2v) is 9.84. The van der Waals surface area contributed by atoms with Gasteiger partial charge in [0.25, 0.3) is 5.56 Å². The average Bonchev–Trinajstić information content (AvgIpc) is 3.24. The average molecular weight is 457 g/mol. The fraction of sp³-hybridized carbons (Fsp3) is 0.0769. The van der Waals surface area contributed by atoms with Crippen molar-refractivity contribution in [1.29, 1.82) is 0 Å². The molecule has 0 bridgehead atoms. The summed E-state index contributed by atoms with van der Waals surface area (Å²) in [6, 6.07) is 25.4. The second-order valence-electron chi connectivity index (χ2n) is 7.83. The molecular formula is C26H20N2O4S. The van der Waals surface area contributed by atoms with Crippen molar-refractivity contribution < 1.29 is 12.8 Å². The smallest absolute Gasteiger partial charge is 0.278 e. The highest BCUT2D eigenvalue weighted by atomic mass is 32.2. The highest BCUT2D eigenvalue weighted by molar-refractivity contribution is 7.90. The molecule has 0 N–H and O–H groups in total. The van der Waals surface area contributed by atoms with Gasteiger partial charge in [-0.15, -0.1) is 0 Å². The number of nitrogens with zero attached hydrogens (tertiary/aromatic N) is 2. The maximum Gasteiger partial charge on any atom is 0.278 e. The molecule has 5 rings (SSSR count). The van der Waals surface area contributed by atoms with Crippen molar-refractivity contribution in [3.63, 3.8) is 0 Å². The first-order valence-corrected chi connectivity index (χ1v) is 12.2. The molecule has 6 nitrogen and oxygen atoms in total. The summed E-state index contributed by atoms with van der Waals surface area (Å²) in [5, 5.41) is 5.29. The lowest BCUT2D eigenvalue weighted by atomic mass is 10.0. The Kier molecular flexibility index (Phi) is 5.18. The highest BCUT2D eigenvalue weighted by Crippen LogP contribution is 2.33. The standard InChI is InChI=1S/C26H20N2O4S/c1-33(30,31)21-13-11-19(12-14-21)22-16-27-28(17-18-7-3-2-4-8-18)26(29)25(22)24-15-20-9-5-6-10-23(20)32-24/h2-16H,17H2,1H3. The van der Waals surface area contributed by atoms with E-state index in [1.165, 1.54) is 16.8 Å². The Morgan fingerprint density at radius 3 is 2.30 bits per heavy atom. The van der Waals surface area contributed by atoms with Crippen LogP contribution in [0.25, 0.3) is 33.4 Å². The van der Waals surface area contributed by atoms with Crippen LogP contribution in [0.15, 0.2) is 105 Å². The molecule has 0 amide bonds. The van der Waals surface area contributed by atoms with E-state index in [2.05, 4.69) is 5.10 Å². The Hall–Kier alpha value is -3.97. The minimum atomic E-state index is -3.33. The molecular weight excluding hydrogens is 436 g/mol. The summed E-state index contributed by atoms with van der Waals surface area (Å²) in [4.78, 5) is 13.8. The number of aromatic nitrogens is 2. The van der Waals surface area contributed by atoms with Crippen LogP contribution in [0.5, 0.6) is 0 Å². The molecule has 0 saturated heterocycles. The molecule has 2 heterocycles. The maximum absolute atomic E-state index is 13.6. The van der Waals surface area contributed by atoms with E-state index in [1.807, 2.05) is 60.7 Å². The van der Waals surface area contributed by atoms with Gasteiger partial charge in [-0.1, -0.05) is 60.7 Å². The van der Waals surface area contributed by atoms with Crippen LogP contribution in [-0.4, -0.2) is 24.5 Å². The number of benzene rings is 3. The summed E-state index contributed by atoms with van der Waals surface area (Å²) in [5.74, 6) is 0.438. The Morgan fingerprint density at radius 1 is 0.909 bits per heavy atom. The number of fused-ring (bicyclic) bond motifs is 1. The van der Waals surface area contributed by atoms with Crippen LogP contribution in [0.2, 0.25) is 0 Å². The van der Waals surface area contributed by atoms with Gasteiger partial charge in [0.15, 0.2) is 9.84 Å². The number of sulfone groups is 1. The fourth-order valence-electron chi connectivity index (χ4n) is 3.80. The third-order valence-electron chi connectivity index (χ3n) is 5.48. The number of rotatable bonds is 5. The summed E-state index contributed by atoms with van der Waals surface area (Å²) in [6.45, 7) is 0.320. The molecule has 0 fully saturated rings. The van der Waals surface area contributed by atoms with E-state index in [0.717, 1.165) is 17.2 Å².